The molecule has 1 atom stereocenters. The van der Waals surface area contributed by atoms with Crippen LogP contribution in [-0.2, 0) is 9.53 Å². The van der Waals surface area contributed by atoms with Gasteiger partial charge in [0.2, 0.25) is 0 Å². The number of carbonyl (C=O) groups excluding carboxylic acids is 1. The molecule has 76 valence electrons. The van der Waals surface area contributed by atoms with Crippen LogP contribution in [0.4, 0.5) is 0 Å². The van der Waals surface area contributed by atoms with Gasteiger partial charge in [-0.05, 0) is 13.0 Å². The molecule has 1 saturated heterocycles. The molecule has 0 bridgehead atoms. The van der Waals surface area contributed by atoms with E-state index in [4.69, 9.17) is 10.5 Å². The van der Waals surface area contributed by atoms with E-state index in [9.17, 15) is 4.79 Å². The lowest BCUT2D eigenvalue weighted by molar-refractivity contribution is -0.146. The Morgan fingerprint density at radius 1 is 1.54 bits per heavy atom. The van der Waals surface area contributed by atoms with Crippen molar-refractivity contribution in [2.75, 3.05) is 32.8 Å². The van der Waals surface area contributed by atoms with E-state index in [2.05, 4.69) is 10.6 Å². The van der Waals surface area contributed by atoms with Crippen molar-refractivity contribution in [3.8, 4) is 0 Å². The Morgan fingerprint density at radius 3 is 3.00 bits per heavy atom. The molecule has 1 aliphatic rings. The van der Waals surface area contributed by atoms with Gasteiger partial charge in [-0.3, -0.25) is 4.79 Å². The molecule has 0 aliphatic carbocycles. The summed E-state index contributed by atoms with van der Waals surface area (Å²) in [7, 11) is 0. The minimum absolute atomic E-state index is 0.180. The molecular formula is C8H17N3O2. The average molecular weight is 187 g/mol. The number of ether oxygens (including phenoxy) is 1. The van der Waals surface area contributed by atoms with Crippen LogP contribution >= 0.6 is 0 Å². The maximum atomic E-state index is 11.3. The van der Waals surface area contributed by atoms with Crippen molar-refractivity contribution < 1.29 is 9.53 Å². The van der Waals surface area contributed by atoms with E-state index in [1.165, 1.54) is 0 Å². The first kappa shape index (κ1) is 10.4. The predicted octanol–water partition coefficient (Wildman–Crippen LogP) is -1.56. The van der Waals surface area contributed by atoms with Gasteiger partial charge in [0.15, 0.2) is 0 Å². The van der Waals surface area contributed by atoms with Crippen LogP contribution in [0.5, 0.6) is 0 Å². The van der Waals surface area contributed by atoms with E-state index in [0.29, 0.717) is 19.7 Å². The van der Waals surface area contributed by atoms with E-state index < -0.39 is 0 Å². The molecule has 5 heteroatoms. The van der Waals surface area contributed by atoms with Crippen LogP contribution < -0.4 is 16.4 Å². The van der Waals surface area contributed by atoms with Crippen LogP contribution in [0.25, 0.3) is 0 Å². The second kappa shape index (κ2) is 5.90. The minimum Gasteiger partial charge on any atom is -0.464 e. The highest BCUT2D eigenvalue weighted by molar-refractivity contribution is 5.76. The number of nitrogens with two attached hydrogens (primary N) is 1. The van der Waals surface area contributed by atoms with Gasteiger partial charge in [0.25, 0.3) is 0 Å². The lowest BCUT2D eigenvalue weighted by atomic mass is 10.2. The Morgan fingerprint density at radius 2 is 2.38 bits per heavy atom. The topological polar surface area (TPSA) is 76.4 Å². The zero-order valence-electron chi connectivity index (χ0n) is 7.71. The maximum absolute atomic E-state index is 11.3. The Hall–Kier alpha value is -0.650. The molecule has 1 rings (SSSR count). The molecule has 1 aliphatic heterocycles. The summed E-state index contributed by atoms with van der Waals surface area (Å²) in [6.07, 6.45) is 0.728. The number of esters is 1. The quantitative estimate of drug-likeness (QED) is 0.366. The van der Waals surface area contributed by atoms with Crippen LogP contribution in [0.15, 0.2) is 0 Å². The lowest BCUT2D eigenvalue weighted by Crippen LogP contribution is -2.52. The molecule has 1 fully saturated rings. The van der Waals surface area contributed by atoms with Crippen LogP contribution in [0.2, 0.25) is 0 Å². The smallest absolute Gasteiger partial charge is 0.324 e. The number of nitrogens with one attached hydrogen (secondary N) is 2. The van der Waals surface area contributed by atoms with Crippen molar-refractivity contribution in [1.82, 2.24) is 10.6 Å². The second-order valence-corrected chi connectivity index (χ2v) is 3.02. The fraction of sp³-hybridized carbons (Fsp3) is 0.875. The first-order valence-electron chi connectivity index (χ1n) is 4.65. The van der Waals surface area contributed by atoms with Crippen molar-refractivity contribution in [2.24, 2.45) is 5.73 Å². The highest BCUT2D eigenvalue weighted by atomic mass is 16.5. The highest BCUT2D eigenvalue weighted by Gasteiger charge is 2.20. The summed E-state index contributed by atoms with van der Waals surface area (Å²) in [4.78, 5) is 11.3. The summed E-state index contributed by atoms with van der Waals surface area (Å²) in [5.41, 5.74) is 5.27. The Bertz CT molecular complexity index is 157. The predicted molar refractivity (Wildman–Crippen MR) is 49.3 cm³/mol. The first-order chi connectivity index (χ1) is 6.34. The minimum atomic E-state index is -0.188. The standard InChI is InChI=1S/C8H17N3O2/c9-2-1-5-13-8(12)7-6-10-3-4-11-7/h7,10-11H,1-6,9H2/t7-/m0/s1. The largest absolute Gasteiger partial charge is 0.464 e. The third-order valence-electron chi connectivity index (χ3n) is 1.92. The van der Waals surface area contributed by atoms with Crippen molar-refractivity contribution in [3.63, 3.8) is 0 Å². The van der Waals surface area contributed by atoms with Gasteiger partial charge in [0.1, 0.15) is 6.04 Å². The molecule has 0 aromatic rings. The number of hydrogen-bond donors (Lipinski definition) is 3. The van der Waals surface area contributed by atoms with Gasteiger partial charge in [-0.25, -0.2) is 0 Å². The zero-order valence-corrected chi connectivity index (χ0v) is 7.71. The maximum Gasteiger partial charge on any atom is 0.324 e. The normalized spacial score (nSPS) is 22.7. The molecule has 0 amide bonds. The van der Waals surface area contributed by atoms with Crippen molar-refractivity contribution in [3.05, 3.63) is 0 Å². The van der Waals surface area contributed by atoms with Gasteiger partial charge in [-0.15, -0.1) is 0 Å². The van der Waals surface area contributed by atoms with Crippen LogP contribution in [0, 0.1) is 0 Å². The van der Waals surface area contributed by atoms with E-state index >= 15 is 0 Å². The fourth-order valence-corrected chi connectivity index (χ4v) is 1.18. The van der Waals surface area contributed by atoms with Gasteiger partial charge in [0, 0.05) is 19.6 Å². The molecule has 4 N–H and O–H groups in total. The van der Waals surface area contributed by atoms with Gasteiger partial charge >= 0.3 is 5.97 Å². The molecule has 0 spiro atoms. The number of piperazine rings is 1. The van der Waals surface area contributed by atoms with Gasteiger partial charge in [-0.1, -0.05) is 0 Å². The Kier molecular flexibility index (Phi) is 4.74. The van der Waals surface area contributed by atoms with Crippen LogP contribution in [-0.4, -0.2) is 44.8 Å². The summed E-state index contributed by atoms with van der Waals surface area (Å²) in [5.74, 6) is -0.180. The van der Waals surface area contributed by atoms with Crippen LogP contribution in [0.1, 0.15) is 6.42 Å². The van der Waals surface area contributed by atoms with E-state index in [0.717, 1.165) is 19.5 Å². The zero-order chi connectivity index (χ0) is 9.52. The summed E-state index contributed by atoms with van der Waals surface area (Å²) >= 11 is 0. The Labute approximate surface area is 78.0 Å². The average Bonchev–Trinajstić information content (AvgIpc) is 2.19. The molecule has 0 aromatic heterocycles. The fourth-order valence-electron chi connectivity index (χ4n) is 1.18. The number of rotatable bonds is 4. The van der Waals surface area contributed by atoms with Gasteiger partial charge in [0.05, 0.1) is 6.61 Å². The third kappa shape index (κ3) is 3.71. The summed E-state index contributed by atoms with van der Waals surface area (Å²) in [6, 6.07) is -0.188. The molecule has 0 saturated carbocycles. The molecule has 0 aromatic carbocycles. The molecule has 0 unspecified atom stereocenters. The molecule has 5 nitrogen and oxygen atoms in total. The number of carbonyl (C=O) groups is 1. The SMILES string of the molecule is NCCCOC(=O)[C@@H]1CNCCN1. The monoisotopic (exact) mass is 187 g/mol. The van der Waals surface area contributed by atoms with E-state index in [1.807, 2.05) is 0 Å². The summed E-state index contributed by atoms with van der Waals surface area (Å²) in [5, 5.41) is 6.20. The second-order valence-electron chi connectivity index (χ2n) is 3.02. The van der Waals surface area contributed by atoms with Gasteiger partial charge < -0.3 is 21.1 Å². The lowest BCUT2D eigenvalue weighted by Gasteiger charge is -2.22. The van der Waals surface area contributed by atoms with E-state index in [1.54, 1.807) is 0 Å². The van der Waals surface area contributed by atoms with Crippen LogP contribution in [0.3, 0.4) is 0 Å². The summed E-state index contributed by atoms with van der Waals surface area (Å²) in [6.45, 7) is 3.36. The molecule has 13 heavy (non-hydrogen) atoms. The molecular weight excluding hydrogens is 170 g/mol. The number of hydrogen-bond acceptors (Lipinski definition) is 5. The van der Waals surface area contributed by atoms with Crippen molar-refractivity contribution in [2.45, 2.75) is 12.5 Å². The Balaban J connectivity index is 2.13. The first-order valence-corrected chi connectivity index (χ1v) is 4.65. The summed E-state index contributed by atoms with van der Waals surface area (Å²) < 4.78 is 5.00. The van der Waals surface area contributed by atoms with E-state index in [-0.39, 0.29) is 12.0 Å². The highest BCUT2D eigenvalue weighted by Crippen LogP contribution is 1.92. The molecule has 1 heterocycles. The molecule has 0 radical (unpaired) electrons. The van der Waals surface area contributed by atoms with Crippen molar-refractivity contribution >= 4 is 5.97 Å². The van der Waals surface area contributed by atoms with Crippen molar-refractivity contribution in [1.29, 1.82) is 0 Å². The van der Waals surface area contributed by atoms with Gasteiger partial charge in [-0.2, -0.15) is 0 Å². The third-order valence-corrected chi connectivity index (χ3v) is 1.92.